The summed E-state index contributed by atoms with van der Waals surface area (Å²) in [4.78, 5) is 4.17. The first kappa shape index (κ1) is 20.2. The highest BCUT2D eigenvalue weighted by Crippen LogP contribution is 2.06. The molecule has 0 aromatic carbocycles. The van der Waals surface area contributed by atoms with Crippen molar-refractivity contribution in [3.63, 3.8) is 0 Å². The largest absolute Gasteiger partial charge is 0.355 e. The first-order valence-electron chi connectivity index (χ1n) is 7.41. The summed E-state index contributed by atoms with van der Waals surface area (Å²) in [5, 5.41) is 6.48. The van der Waals surface area contributed by atoms with Crippen LogP contribution in [0.15, 0.2) is 4.99 Å². The molecule has 0 rings (SSSR count). The average Bonchev–Trinajstić information content (AvgIpc) is 2.28. The van der Waals surface area contributed by atoms with Crippen molar-refractivity contribution < 1.29 is 8.42 Å². The quantitative estimate of drug-likeness (QED) is 0.465. The maximum absolute atomic E-state index is 11.3. The Morgan fingerprint density at radius 1 is 1.19 bits per heavy atom. The molecule has 1 unspecified atom stereocenters. The summed E-state index contributed by atoms with van der Waals surface area (Å²) in [5.74, 6) is 1.37. The molecule has 3 N–H and O–H groups in total. The molecule has 7 heteroatoms. The Labute approximate surface area is 130 Å². The van der Waals surface area contributed by atoms with Crippen molar-refractivity contribution in [2.75, 3.05) is 19.8 Å². The molecule has 0 bridgehead atoms. The molecular formula is C14H32N4O2S. The second kappa shape index (κ2) is 8.58. The van der Waals surface area contributed by atoms with Gasteiger partial charge in [-0.15, -0.1) is 0 Å². The Kier molecular flexibility index (Phi) is 8.25. The van der Waals surface area contributed by atoms with Gasteiger partial charge in [-0.2, -0.15) is 0 Å². The van der Waals surface area contributed by atoms with Gasteiger partial charge in [0, 0.05) is 25.2 Å². The lowest BCUT2D eigenvalue weighted by atomic mass is 10.0. The van der Waals surface area contributed by atoms with Crippen LogP contribution in [0.4, 0.5) is 0 Å². The standard InChI is InChI=1S/C14H32N4O2S/c1-11(2)8-9-12(3)17-13(15-6)16-10-14(4,5)18-21(7,19)20/h11-12,18H,8-10H2,1-7H3,(H2,15,16,17). The van der Waals surface area contributed by atoms with Crippen LogP contribution in [0.1, 0.15) is 47.5 Å². The van der Waals surface area contributed by atoms with E-state index in [1.165, 1.54) is 0 Å². The molecule has 0 spiro atoms. The Hall–Kier alpha value is -0.820. The Bertz CT molecular complexity index is 430. The molecule has 0 saturated carbocycles. The molecule has 0 fully saturated rings. The maximum Gasteiger partial charge on any atom is 0.209 e. The van der Waals surface area contributed by atoms with Gasteiger partial charge in [-0.05, 0) is 39.5 Å². The van der Waals surface area contributed by atoms with Gasteiger partial charge in [0.25, 0.3) is 0 Å². The number of aliphatic imine (C=N–C) groups is 1. The zero-order valence-corrected chi connectivity index (χ0v) is 15.3. The first-order valence-corrected chi connectivity index (χ1v) is 9.30. The molecule has 0 saturated heterocycles. The lowest BCUT2D eigenvalue weighted by Gasteiger charge is -2.27. The summed E-state index contributed by atoms with van der Waals surface area (Å²) in [6, 6.07) is 0.324. The highest BCUT2D eigenvalue weighted by Gasteiger charge is 2.22. The molecule has 0 radical (unpaired) electrons. The molecule has 0 aromatic heterocycles. The van der Waals surface area contributed by atoms with Crippen molar-refractivity contribution in [2.45, 2.75) is 59.0 Å². The van der Waals surface area contributed by atoms with E-state index in [4.69, 9.17) is 0 Å². The summed E-state index contributed by atoms with van der Waals surface area (Å²) in [7, 11) is -1.52. The number of nitrogens with zero attached hydrogens (tertiary/aromatic N) is 1. The molecular weight excluding hydrogens is 288 g/mol. The van der Waals surface area contributed by atoms with Crippen LogP contribution >= 0.6 is 0 Å². The Balaban J connectivity index is 4.33. The molecule has 0 amide bonds. The number of guanidine groups is 1. The monoisotopic (exact) mass is 320 g/mol. The third-order valence-corrected chi connectivity index (χ3v) is 3.87. The molecule has 0 heterocycles. The van der Waals surface area contributed by atoms with Gasteiger partial charge >= 0.3 is 0 Å². The van der Waals surface area contributed by atoms with Gasteiger partial charge in [0.15, 0.2) is 5.96 Å². The van der Waals surface area contributed by atoms with Gasteiger partial charge < -0.3 is 10.6 Å². The van der Waals surface area contributed by atoms with Crippen molar-refractivity contribution in [1.82, 2.24) is 15.4 Å². The van der Waals surface area contributed by atoms with E-state index in [0.29, 0.717) is 24.5 Å². The average molecular weight is 321 g/mol. The fourth-order valence-corrected chi connectivity index (χ4v) is 3.00. The predicted octanol–water partition coefficient (Wildman–Crippen LogP) is 1.30. The van der Waals surface area contributed by atoms with Crippen LogP contribution < -0.4 is 15.4 Å². The van der Waals surface area contributed by atoms with E-state index in [2.05, 4.69) is 41.1 Å². The fraction of sp³-hybridized carbons (Fsp3) is 0.929. The van der Waals surface area contributed by atoms with Crippen molar-refractivity contribution in [3.05, 3.63) is 0 Å². The Morgan fingerprint density at radius 2 is 1.76 bits per heavy atom. The van der Waals surface area contributed by atoms with E-state index in [9.17, 15) is 8.42 Å². The van der Waals surface area contributed by atoms with Crippen LogP contribution in [0.2, 0.25) is 0 Å². The van der Waals surface area contributed by atoms with Crippen molar-refractivity contribution in [3.8, 4) is 0 Å². The van der Waals surface area contributed by atoms with E-state index in [0.717, 1.165) is 19.1 Å². The van der Waals surface area contributed by atoms with Crippen LogP contribution in [-0.2, 0) is 10.0 Å². The van der Waals surface area contributed by atoms with Crippen molar-refractivity contribution in [1.29, 1.82) is 0 Å². The minimum absolute atomic E-state index is 0.324. The van der Waals surface area contributed by atoms with Crippen LogP contribution in [-0.4, -0.2) is 45.8 Å². The van der Waals surface area contributed by atoms with Gasteiger partial charge in [0.05, 0.1) is 6.26 Å². The number of rotatable bonds is 8. The van der Waals surface area contributed by atoms with E-state index in [1.807, 2.05) is 13.8 Å². The lowest BCUT2D eigenvalue weighted by molar-refractivity contribution is 0.441. The summed E-state index contributed by atoms with van der Waals surface area (Å²) in [6.07, 6.45) is 3.39. The second-order valence-corrected chi connectivity index (χ2v) is 8.45. The van der Waals surface area contributed by atoms with E-state index in [-0.39, 0.29) is 0 Å². The minimum atomic E-state index is -3.23. The van der Waals surface area contributed by atoms with Gasteiger partial charge in [0.1, 0.15) is 0 Å². The third kappa shape index (κ3) is 11.5. The summed E-state index contributed by atoms with van der Waals surface area (Å²) < 4.78 is 25.2. The zero-order chi connectivity index (χ0) is 16.7. The zero-order valence-electron chi connectivity index (χ0n) is 14.4. The van der Waals surface area contributed by atoms with Crippen LogP contribution in [0.25, 0.3) is 0 Å². The minimum Gasteiger partial charge on any atom is -0.355 e. The smallest absolute Gasteiger partial charge is 0.209 e. The molecule has 6 nitrogen and oxygen atoms in total. The van der Waals surface area contributed by atoms with Gasteiger partial charge in [0.2, 0.25) is 10.0 Å². The number of hydrogen-bond acceptors (Lipinski definition) is 3. The summed E-state index contributed by atoms with van der Waals surface area (Å²) >= 11 is 0. The van der Waals surface area contributed by atoms with Crippen LogP contribution in [0, 0.1) is 5.92 Å². The van der Waals surface area contributed by atoms with Gasteiger partial charge in [-0.3, -0.25) is 4.99 Å². The highest BCUT2D eigenvalue weighted by molar-refractivity contribution is 7.88. The summed E-state index contributed by atoms with van der Waals surface area (Å²) in [5.41, 5.74) is -0.577. The number of nitrogens with one attached hydrogen (secondary N) is 3. The van der Waals surface area contributed by atoms with Gasteiger partial charge in [-0.1, -0.05) is 13.8 Å². The predicted molar refractivity (Wildman–Crippen MR) is 90.1 cm³/mol. The lowest BCUT2D eigenvalue weighted by Crippen LogP contribution is -2.53. The molecule has 0 aromatic rings. The van der Waals surface area contributed by atoms with Gasteiger partial charge in [-0.25, -0.2) is 13.1 Å². The highest BCUT2D eigenvalue weighted by atomic mass is 32.2. The van der Waals surface area contributed by atoms with Crippen molar-refractivity contribution >= 4 is 16.0 Å². The second-order valence-electron chi connectivity index (χ2n) is 6.70. The fourth-order valence-electron chi connectivity index (χ4n) is 1.93. The SMILES string of the molecule is CN=C(NCC(C)(C)NS(C)(=O)=O)NC(C)CCC(C)C. The van der Waals surface area contributed by atoms with Crippen molar-refractivity contribution in [2.24, 2.45) is 10.9 Å². The topological polar surface area (TPSA) is 82.6 Å². The first-order chi connectivity index (χ1) is 9.45. The van der Waals surface area contributed by atoms with E-state index < -0.39 is 15.6 Å². The molecule has 0 aliphatic heterocycles. The molecule has 1 atom stereocenters. The summed E-state index contributed by atoms with van der Waals surface area (Å²) in [6.45, 7) is 10.6. The van der Waals surface area contributed by atoms with Crippen LogP contribution in [0.3, 0.4) is 0 Å². The van der Waals surface area contributed by atoms with E-state index in [1.54, 1.807) is 7.05 Å². The third-order valence-electron chi connectivity index (χ3n) is 2.94. The normalized spacial score (nSPS) is 15.1. The van der Waals surface area contributed by atoms with Crippen LogP contribution in [0.5, 0.6) is 0 Å². The number of hydrogen-bond donors (Lipinski definition) is 3. The Morgan fingerprint density at radius 3 is 2.19 bits per heavy atom. The molecule has 0 aliphatic rings. The number of sulfonamides is 1. The molecule has 0 aliphatic carbocycles. The van der Waals surface area contributed by atoms with E-state index >= 15 is 0 Å². The maximum atomic E-state index is 11.3. The molecule has 21 heavy (non-hydrogen) atoms. The molecule has 126 valence electrons.